The summed E-state index contributed by atoms with van der Waals surface area (Å²) in [5, 5.41) is 0. The number of hydrogen-bond donors (Lipinski definition) is 0. The zero-order chi connectivity index (χ0) is 7.68. The Morgan fingerprint density at radius 2 is 2.45 bits per heavy atom. The molecule has 0 aliphatic carbocycles. The van der Waals surface area contributed by atoms with Crippen LogP contribution in [0.2, 0.25) is 0 Å². The second kappa shape index (κ2) is 3.33. The molecule has 2 rings (SSSR count). The van der Waals surface area contributed by atoms with Crippen LogP contribution < -0.4 is 0 Å². The molecule has 0 N–H and O–H groups in total. The fourth-order valence-corrected chi connectivity index (χ4v) is 2.55. The molecule has 2 fully saturated rings. The van der Waals surface area contributed by atoms with Gasteiger partial charge in [0.1, 0.15) is 0 Å². The van der Waals surface area contributed by atoms with Crippen molar-refractivity contribution in [2.75, 3.05) is 31.2 Å². The second-order valence-electron chi connectivity index (χ2n) is 3.37. The van der Waals surface area contributed by atoms with Crippen molar-refractivity contribution >= 4 is 11.8 Å². The van der Waals surface area contributed by atoms with Crippen molar-refractivity contribution in [1.82, 2.24) is 4.90 Å². The summed E-state index contributed by atoms with van der Waals surface area (Å²) < 4.78 is 5.21. The summed E-state index contributed by atoms with van der Waals surface area (Å²) in [4.78, 5) is 2.55. The minimum Gasteiger partial charge on any atom is -0.372 e. The maximum Gasteiger partial charge on any atom is 0.0936 e. The van der Waals surface area contributed by atoms with E-state index in [9.17, 15) is 0 Å². The molecule has 2 saturated heterocycles. The second-order valence-corrected chi connectivity index (χ2v) is 4.52. The van der Waals surface area contributed by atoms with Crippen molar-refractivity contribution < 1.29 is 4.74 Å². The number of nitrogens with zero attached hydrogens (tertiary/aromatic N) is 1. The van der Waals surface area contributed by atoms with E-state index in [1.165, 1.54) is 24.6 Å². The third kappa shape index (κ3) is 2.10. The summed E-state index contributed by atoms with van der Waals surface area (Å²) in [6.07, 6.45) is 0.570. The summed E-state index contributed by atoms with van der Waals surface area (Å²) in [6, 6.07) is 0.762. The molecule has 0 bridgehead atoms. The Balaban J connectivity index is 1.78. The molecular weight excluding hydrogens is 158 g/mol. The first-order valence-corrected chi connectivity index (χ1v) is 5.45. The number of thioether (sulfide) groups is 1. The van der Waals surface area contributed by atoms with Crippen LogP contribution in [0.5, 0.6) is 0 Å². The van der Waals surface area contributed by atoms with E-state index in [-0.39, 0.29) is 0 Å². The highest BCUT2D eigenvalue weighted by Gasteiger charge is 2.28. The molecular formula is C8H15NOS. The van der Waals surface area contributed by atoms with Crippen LogP contribution >= 0.6 is 11.8 Å². The average Bonchev–Trinajstić information content (AvgIpc) is 2.78. The van der Waals surface area contributed by atoms with Crippen molar-refractivity contribution in [3.63, 3.8) is 0 Å². The third-order valence-electron chi connectivity index (χ3n) is 2.35. The smallest absolute Gasteiger partial charge is 0.0936 e. The topological polar surface area (TPSA) is 15.8 Å². The molecule has 2 aliphatic rings. The monoisotopic (exact) mass is 173 g/mol. The molecule has 2 nitrogen and oxygen atoms in total. The van der Waals surface area contributed by atoms with Gasteiger partial charge in [-0.1, -0.05) is 0 Å². The molecule has 0 aromatic carbocycles. The van der Waals surface area contributed by atoms with Gasteiger partial charge in [0.25, 0.3) is 0 Å². The van der Waals surface area contributed by atoms with Crippen LogP contribution in [-0.4, -0.2) is 48.2 Å². The molecule has 2 heterocycles. The Morgan fingerprint density at radius 1 is 1.64 bits per heavy atom. The van der Waals surface area contributed by atoms with E-state index in [1.807, 2.05) is 0 Å². The zero-order valence-corrected chi connectivity index (χ0v) is 7.77. The van der Waals surface area contributed by atoms with E-state index in [0.717, 1.165) is 12.6 Å². The van der Waals surface area contributed by atoms with E-state index >= 15 is 0 Å². The first kappa shape index (κ1) is 7.90. The van der Waals surface area contributed by atoms with Crippen molar-refractivity contribution in [2.24, 2.45) is 0 Å². The van der Waals surface area contributed by atoms with E-state index in [4.69, 9.17) is 4.74 Å². The van der Waals surface area contributed by atoms with Gasteiger partial charge in [-0.25, -0.2) is 0 Å². The van der Waals surface area contributed by atoms with Crippen LogP contribution in [-0.2, 0) is 4.74 Å². The van der Waals surface area contributed by atoms with Gasteiger partial charge >= 0.3 is 0 Å². The lowest BCUT2D eigenvalue weighted by Crippen LogP contribution is -2.42. The molecule has 0 aromatic rings. The summed E-state index contributed by atoms with van der Waals surface area (Å²) in [5.74, 6) is 2.60. The Bertz CT molecular complexity index is 138. The van der Waals surface area contributed by atoms with Gasteiger partial charge < -0.3 is 4.74 Å². The van der Waals surface area contributed by atoms with Crippen molar-refractivity contribution in [2.45, 2.75) is 19.1 Å². The molecule has 2 aliphatic heterocycles. The van der Waals surface area contributed by atoms with Crippen molar-refractivity contribution in [1.29, 1.82) is 0 Å². The minimum atomic E-state index is 0.570. The minimum absolute atomic E-state index is 0.570. The normalized spacial score (nSPS) is 39.0. The van der Waals surface area contributed by atoms with Crippen molar-refractivity contribution in [3.05, 3.63) is 0 Å². The summed E-state index contributed by atoms with van der Waals surface area (Å²) in [5.41, 5.74) is 0. The van der Waals surface area contributed by atoms with Crippen LogP contribution in [0.3, 0.4) is 0 Å². The Morgan fingerprint density at radius 3 is 3.09 bits per heavy atom. The maximum absolute atomic E-state index is 5.21. The van der Waals surface area contributed by atoms with Gasteiger partial charge in [-0.05, 0) is 6.92 Å². The van der Waals surface area contributed by atoms with Gasteiger partial charge in [-0.15, -0.1) is 0 Å². The predicted octanol–water partition coefficient (Wildman–Crippen LogP) is 0.823. The molecule has 0 spiro atoms. The number of hydrogen-bond acceptors (Lipinski definition) is 3. The quantitative estimate of drug-likeness (QED) is 0.575. The highest BCUT2D eigenvalue weighted by atomic mass is 32.2. The van der Waals surface area contributed by atoms with Crippen LogP contribution in [0.25, 0.3) is 0 Å². The lowest BCUT2D eigenvalue weighted by Gasteiger charge is -2.32. The van der Waals surface area contributed by atoms with Crippen LogP contribution in [0.1, 0.15) is 6.92 Å². The molecule has 1 unspecified atom stereocenters. The van der Waals surface area contributed by atoms with Gasteiger partial charge in [0.15, 0.2) is 0 Å². The number of epoxide rings is 1. The van der Waals surface area contributed by atoms with Crippen LogP contribution in [0.4, 0.5) is 0 Å². The van der Waals surface area contributed by atoms with E-state index in [0.29, 0.717) is 6.10 Å². The summed E-state index contributed by atoms with van der Waals surface area (Å²) in [6.45, 7) is 5.73. The predicted molar refractivity (Wildman–Crippen MR) is 48.1 cm³/mol. The Labute approximate surface area is 72.3 Å². The maximum atomic E-state index is 5.21. The van der Waals surface area contributed by atoms with Crippen LogP contribution in [0.15, 0.2) is 0 Å². The highest BCUT2D eigenvalue weighted by molar-refractivity contribution is 7.99. The van der Waals surface area contributed by atoms with E-state index in [2.05, 4.69) is 23.6 Å². The molecule has 3 heteroatoms. The average molecular weight is 173 g/mol. The molecule has 2 atom stereocenters. The van der Waals surface area contributed by atoms with Gasteiger partial charge in [0, 0.05) is 30.6 Å². The molecule has 0 radical (unpaired) electrons. The lowest BCUT2D eigenvalue weighted by atomic mass is 10.3. The van der Waals surface area contributed by atoms with Gasteiger partial charge in [-0.2, -0.15) is 11.8 Å². The number of ether oxygens (including phenoxy) is 1. The van der Waals surface area contributed by atoms with E-state index < -0.39 is 0 Å². The molecule has 0 saturated carbocycles. The first-order chi connectivity index (χ1) is 5.36. The molecule has 0 amide bonds. The Hall–Kier alpha value is 0.270. The largest absolute Gasteiger partial charge is 0.372 e. The van der Waals surface area contributed by atoms with E-state index in [1.54, 1.807) is 0 Å². The number of rotatable bonds is 2. The SMILES string of the molecule is CC1CSCCN1C[C@@H]1CO1. The fraction of sp³-hybridized carbons (Fsp3) is 1.00. The molecule has 11 heavy (non-hydrogen) atoms. The molecule has 64 valence electrons. The highest BCUT2D eigenvalue weighted by Crippen LogP contribution is 2.19. The first-order valence-electron chi connectivity index (χ1n) is 4.29. The van der Waals surface area contributed by atoms with Gasteiger partial charge in [0.2, 0.25) is 0 Å². The van der Waals surface area contributed by atoms with Crippen LogP contribution in [0, 0.1) is 0 Å². The lowest BCUT2D eigenvalue weighted by molar-refractivity contribution is 0.208. The molecule has 0 aromatic heterocycles. The summed E-state index contributed by atoms with van der Waals surface area (Å²) >= 11 is 2.07. The Kier molecular flexibility index (Phi) is 2.39. The standard InChI is InChI=1S/C8H15NOS/c1-7-6-11-3-2-9(7)4-8-5-10-8/h7-8H,2-6H2,1H3/t7?,8-/m1/s1. The van der Waals surface area contributed by atoms with Gasteiger partial charge in [-0.3, -0.25) is 4.90 Å². The summed E-state index contributed by atoms with van der Waals surface area (Å²) in [7, 11) is 0. The van der Waals surface area contributed by atoms with Crippen molar-refractivity contribution in [3.8, 4) is 0 Å². The fourth-order valence-electron chi connectivity index (χ4n) is 1.47. The zero-order valence-electron chi connectivity index (χ0n) is 6.95. The van der Waals surface area contributed by atoms with Gasteiger partial charge in [0.05, 0.1) is 12.7 Å². The third-order valence-corrected chi connectivity index (χ3v) is 3.54.